The van der Waals surface area contributed by atoms with Gasteiger partial charge in [-0.25, -0.2) is 17.9 Å². The van der Waals surface area contributed by atoms with Crippen LogP contribution in [0.3, 0.4) is 0 Å². The number of carbonyl (C=O) groups excluding carboxylic acids is 3. The number of nitrogens with zero attached hydrogens (tertiary/aromatic N) is 1. The van der Waals surface area contributed by atoms with Crippen LogP contribution in [0.15, 0.2) is 9.89 Å². The van der Waals surface area contributed by atoms with Gasteiger partial charge in [-0.15, -0.1) is 0 Å². The third kappa shape index (κ3) is 10.9. The zero-order valence-corrected chi connectivity index (χ0v) is 28.6. The minimum absolute atomic E-state index is 0.0604. The number of sulfonamides is 1. The molecule has 0 radical (unpaired) electrons. The van der Waals surface area contributed by atoms with Crippen molar-refractivity contribution in [3.05, 3.63) is 22.3 Å². The summed E-state index contributed by atoms with van der Waals surface area (Å²) in [5, 5.41) is 13.8. The fourth-order valence-corrected chi connectivity index (χ4v) is 6.43. The summed E-state index contributed by atoms with van der Waals surface area (Å²) in [7, 11) is -4.07. The summed E-state index contributed by atoms with van der Waals surface area (Å²) in [6.07, 6.45) is 1.23. The molecule has 0 bridgehead atoms. The van der Waals surface area contributed by atoms with Gasteiger partial charge in [0.1, 0.15) is 23.0 Å². The zero-order valence-electron chi connectivity index (χ0n) is 27.8. The first-order valence-electron chi connectivity index (χ1n) is 15.0. The summed E-state index contributed by atoms with van der Waals surface area (Å²) in [5.74, 6) is -3.35. The van der Waals surface area contributed by atoms with Crippen molar-refractivity contribution < 1.29 is 42.2 Å². The number of esters is 1. The average Bonchev–Trinajstić information content (AvgIpc) is 2.90. The second kappa shape index (κ2) is 15.1. The van der Waals surface area contributed by atoms with E-state index in [-0.39, 0.29) is 35.8 Å². The van der Waals surface area contributed by atoms with Crippen LogP contribution in [0.2, 0.25) is 0 Å². The molecule has 8 N–H and O–H groups in total. The Morgan fingerprint density at radius 2 is 1.74 bits per heavy atom. The highest BCUT2D eigenvalue weighted by Crippen LogP contribution is 2.42. The SMILES string of the molecule is Cc1c(C)c(S(=O)(=O)NC(N)=NCCC[C@H](N)C(=O)NCC(=O)N[C@@H](CC(=O)OC(C)(C)C)C(=O)O)c(C)c2c1OC(C)(C)CC2. The van der Waals surface area contributed by atoms with Gasteiger partial charge in [0.15, 0.2) is 0 Å². The number of benzene rings is 1. The molecule has 0 unspecified atom stereocenters. The van der Waals surface area contributed by atoms with Crippen LogP contribution in [0.25, 0.3) is 0 Å². The summed E-state index contributed by atoms with van der Waals surface area (Å²) in [6, 6.07) is -2.58. The van der Waals surface area contributed by atoms with Gasteiger partial charge >= 0.3 is 11.9 Å². The molecule has 1 aromatic carbocycles. The molecule has 258 valence electrons. The van der Waals surface area contributed by atoms with Crippen molar-refractivity contribution >= 4 is 39.7 Å². The highest BCUT2D eigenvalue weighted by molar-refractivity contribution is 7.90. The average molecular weight is 669 g/mol. The Labute approximate surface area is 270 Å². The Morgan fingerprint density at radius 1 is 1.11 bits per heavy atom. The molecule has 2 atom stereocenters. The number of aliphatic carboxylic acids is 1. The van der Waals surface area contributed by atoms with Gasteiger partial charge in [0.25, 0.3) is 10.0 Å². The van der Waals surface area contributed by atoms with Crippen molar-refractivity contribution in [2.24, 2.45) is 16.5 Å². The molecule has 16 heteroatoms. The molecule has 0 saturated carbocycles. The van der Waals surface area contributed by atoms with E-state index in [0.717, 1.165) is 23.3 Å². The Bertz CT molecular complexity index is 1480. The summed E-state index contributed by atoms with van der Waals surface area (Å²) in [6.45, 7) is 13.7. The van der Waals surface area contributed by atoms with Gasteiger partial charge < -0.3 is 36.7 Å². The second-order valence-electron chi connectivity index (χ2n) is 13.0. The van der Waals surface area contributed by atoms with Gasteiger partial charge in [0.2, 0.25) is 17.8 Å². The lowest BCUT2D eigenvalue weighted by molar-refractivity contribution is -0.158. The Hall–Kier alpha value is -3.92. The minimum Gasteiger partial charge on any atom is -0.487 e. The Morgan fingerprint density at radius 3 is 2.33 bits per heavy atom. The van der Waals surface area contributed by atoms with E-state index in [1.807, 2.05) is 20.8 Å². The maximum atomic E-state index is 13.3. The molecule has 1 aliphatic heterocycles. The van der Waals surface area contributed by atoms with Crippen LogP contribution < -0.4 is 31.6 Å². The molecule has 1 heterocycles. The lowest BCUT2D eigenvalue weighted by Crippen LogP contribution is -2.49. The van der Waals surface area contributed by atoms with Gasteiger partial charge in [-0.05, 0) is 103 Å². The molecule has 2 amide bonds. The number of guanidine groups is 1. The molecule has 0 fully saturated rings. The van der Waals surface area contributed by atoms with E-state index in [1.54, 1.807) is 34.6 Å². The maximum Gasteiger partial charge on any atom is 0.326 e. The lowest BCUT2D eigenvalue weighted by atomic mass is 9.88. The number of amides is 2. The molecule has 2 rings (SSSR count). The van der Waals surface area contributed by atoms with E-state index >= 15 is 0 Å². The fraction of sp³-hybridized carbons (Fsp3) is 0.633. The van der Waals surface area contributed by atoms with Crippen LogP contribution in [0, 0.1) is 20.8 Å². The van der Waals surface area contributed by atoms with Crippen molar-refractivity contribution in [3.8, 4) is 5.75 Å². The monoisotopic (exact) mass is 668 g/mol. The summed E-state index contributed by atoms with van der Waals surface area (Å²) in [4.78, 5) is 52.1. The Kier molecular flexibility index (Phi) is 12.6. The number of ether oxygens (including phenoxy) is 2. The van der Waals surface area contributed by atoms with Crippen molar-refractivity contribution in [1.82, 2.24) is 15.4 Å². The quantitative estimate of drug-likeness (QED) is 0.0744. The molecule has 0 aliphatic carbocycles. The number of nitrogens with one attached hydrogen (secondary N) is 3. The first kappa shape index (κ1) is 38.3. The highest BCUT2D eigenvalue weighted by atomic mass is 32.2. The first-order valence-corrected chi connectivity index (χ1v) is 16.4. The van der Waals surface area contributed by atoms with E-state index in [4.69, 9.17) is 20.9 Å². The minimum atomic E-state index is -4.07. The van der Waals surface area contributed by atoms with Gasteiger partial charge in [0, 0.05) is 6.54 Å². The summed E-state index contributed by atoms with van der Waals surface area (Å²) >= 11 is 0. The highest BCUT2D eigenvalue weighted by Gasteiger charge is 2.34. The van der Waals surface area contributed by atoms with Crippen molar-refractivity contribution in [3.63, 3.8) is 0 Å². The molecule has 0 spiro atoms. The number of rotatable bonds is 13. The van der Waals surface area contributed by atoms with Crippen LogP contribution in [0.4, 0.5) is 0 Å². The molecule has 0 aromatic heterocycles. The van der Waals surface area contributed by atoms with Gasteiger partial charge in [-0.3, -0.25) is 19.4 Å². The summed E-state index contributed by atoms with van der Waals surface area (Å²) < 4.78 is 40.3. The van der Waals surface area contributed by atoms with Gasteiger partial charge in [0.05, 0.1) is 23.9 Å². The molecule has 15 nitrogen and oxygen atoms in total. The van der Waals surface area contributed by atoms with Crippen LogP contribution in [0.5, 0.6) is 5.75 Å². The number of hydrogen-bond donors (Lipinski definition) is 6. The van der Waals surface area contributed by atoms with Crippen LogP contribution >= 0.6 is 0 Å². The molecule has 0 saturated heterocycles. The first-order chi connectivity index (χ1) is 21.0. The van der Waals surface area contributed by atoms with E-state index in [1.165, 1.54) is 0 Å². The van der Waals surface area contributed by atoms with Crippen LogP contribution in [0.1, 0.15) is 82.6 Å². The van der Waals surface area contributed by atoms with E-state index in [2.05, 4.69) is 20.3 Å². The fourth-order valence-electron chi connectivity index (χ4n) is 4.91. The number of fused-ring (bicyclic) bond motifs is 1. The van der Waals surface area contributed by atoms with Crippen molar-refractivity contribution in [2.75, 3.05) is 13.1 Å². The standard InChI is InChI=1S/C30H48N6O9S/c1-16-17(2)25(18(3)19-11-12-30(7,8)45-24(16)19)46(42,43)36-28(32)33-13-9-10-20(31)26(39)34-15-22(37)35-21(27(40)41)14-23(38)44-29(4,5)6/h20-21H,9-15,31H2,1-8H3,(H,34,39)(H,35,37)(H,40,41)(H3,32,33,36)/t20-,21-/m0/s1. The predicted molar refractivity (Wildman–Crippen MR) is 171 cm³/mol. The van der Waals surface area contributed by atoms with Crippen LogP contribution in [-0.4, -0.2) is 79.6 Å². The number of carboxylic acids is 1. The van der Waals surface area contributed by atoms with E-state index in [9.17, 15) is 32.7 Å². The van der Waals surface area contributed by atoms with Gasteiger partial charge in [-0.1, -0.05) is 0 Å². The van der Waals surface area contributed by atoms with Gasteiger partial charge in [-0.2, -0.15) is 0 Å². The van der Waals surface area contributed by atoms with Crippen LogP contribution in [-0.2, 0) is 40.4 Å². The summed E-state index contributed by atoms with van der Waals surface area (Å²) in [5.41, 5.74) is 13.4. The largest absolute Gasteiger partial charge is 0.487 e. The third-order valence-corrected chi connectivity index (χ3v) is 8.94. The number of carbonyl (C=O) groups is 4. The predicted octanol–water partition coefficient (Wildman–Crippen LogP) is 0.833. The number of carboxylic acid groups (broad SMARTS) is 1. The topological polar surface area (TPSA) is 242 Å². The molecular formula is C30H48N6O9S. The van der Waals surface area contributed by atoms with E-state index in [0.29, 0.717) is 17.5 Å². The molecule has 1 aromatic rings. The maximum absolute atomic E-state index is 13.3. The van der Waals surface area contributed by atoms with E-state index < -0.39 is 64.4 Å². The van der Waals surface area contributed by atoms with Crippen molar-refractivity contribution in [1.29, 1.82) is 0 Å². The number of hydrogen-bond acceptors (Lipinski definition) is 10. The number of aliphatic imine (C=N–C) groups is 1. The smallest absolute Gasteiger partial charge is 0.326 e. The second-order valence-corrected chi connectivity index (χ2v) is 14.6. The zero-order chi connectivity index (χ0) is 35.2. The molecular weight excluding hydrogens is 620 g/mol. The lowest BCUT2D eigenvalue weighted by Gasteiger charge is -2.35. The Balaban J connectivity index is 1.89. The molecule has 1 aliphatic rings. The molecule has 46 heavy (non-hydrogen) atoms. The third-order valence-electron chi connectivity index (χ3n) is 7.31. The number of nitrogens with two attached hydrogens (primary N) is 2. The normalized spacial score (nSPS) is 15.9. The van der Waals surface area contributed by atoms with Crippen molar-refractivity contribution in [2.45, 2.75) is 116 Å².